The van der Waals surface area contributed by atoms with E-state index in [4.69, 9.17) is 4.42 Å². The van der Waals surface area contributed by atoms with Gasteiger partial charge >= 0.3 is 0 Å². The SMILES string of the molecule is CC1(C)c2ccccc2-c2ccc(N(c3ccc(-c4cccc(-n5c6ccccc6c6ccccc65)c4)cc3)c3ccc(-c4cccc5oc6c7ccccc7ccc6c45)cc3)cc21. The first-order valence-corrected chi connectivity index (χ1v) is 22.2. The van der Waals surface area contributed by atoms with E-state index in [0.717, 1.165) is 61.2 Å². The van der Waals surface area contributed by atoms with Gasteiger partial charge in [0.15, 0.2) is 0 Å². The highest BCUT2D eigenvalue weighted by Crippen LogP contribution is 2.51. The van der Waals surface area contributed by atoms with Crippen LogP contribution in [-0.4, -0.2) is 4.57 Å². The number of aromatic nitrogens is 1. The summed E-state index contributed by atoms with van der Waals surface area (Å²) in [6.07, 6.45) is 0. The van der Waals surface area contributed by atoms with Crippen LogP contribution in [0.15, 0.2) is 223 Å². The minimum Gasteiger partial charge on any atom is -0.455 e. The lowest BCUT2D eigenvalue weighted by molar-refractivity contribution is 0.660. The van der Waals surface area contributed by atoms with E-state index in [1.165, 1.54) is 60.6 Å². The highest BCUT2D eigenvalue weighted by atomic mass is 16.3. The second kappa shape index (κ2) is 13.9. The number of anilines is 3. The predicted octanol–water partition coefficient (Wildman–Crippen LogP) is 16.9. The zero-order chi connectivity index (χ0) is 42.5. The highest BCUT2D eigenvalue weighted by molar-refractivity contribution is 6.19. The third-order valence-electron chi connectivity index (χ3n) is 13.8. The molecule has 2 heterocycles. The van der Waals surface area contributed by atoms with Crippen LogP contribution in [0.25, 0.3) is 93.6 Å². The fourth-order valence-corrected chi connectivity index (χ4v) is 10.7. The molecule has 1 aliphatic carbocycles. The molecule has 3 nitrogen and oxygen atoms in total. The molecular formula is C61H42N2O. The Morgan fingerprint density at radius 3 is 1.78 bits per heavy atom. The maximum atomic E-state index is 6.57. The molecule has 0 N–H and O–H groups in total. The van der Waals surface area contributed by atoms with Gasteiger partial charge < -0.3 is 13.9 Å². The fourth-order valence-electron chi connectivity index (χ4n) is 10.7. The minimum atomic E-state index is -0.125. The Labute approximate surface area is 371 Å². The molecule has 0 unspecified atom stereocenters. The molecule has 10 aromatic carbocycles. The Kier molecular flexibility index (Phi) is 7.95. The summed E-state index contributed by atoms with van der Waals surface area (Å²) in [5, 5.41) is 7.13. The van der Waals surface area contributed by atoms with E-state index in [0.29, 0.717) is 0 Å². The number of fused-ring (bicyclic) bond motifs is 11. The van der Waals surface area contributed by atoms with Crippen molar-refractivity contribution in [3.05, 3.63) is 230 Å². The van der Waals surface area contributed by atoms with Gasteiger partial charge in [0.05, 0.1) is 11.0 Å². The summed E-state index contributed by atoms with van der Waals surface area (Å²) in [5.74, 6) is 0. The molecule has 2 aromatic heterocycles. The topological polar surface area (TPSA) is 21.3 Å². The van der Waals surface area contributed by atoms with Gasteiger partial charge in [-0.15, -0.1) is 0 Å². The molecule has 0 aliphatic heterocycles. The van der Waals surface area contributed by atoms with Crippen LogP contribution >= 0.6 is 0 Å². The maximum Gasteiger partial charge on any atom is 0.143 e. The molecule has 0 radical (unpaired) electrons. The summed E-state index contributed by atoms with van der Waals surface area (Å²) in [6.45, 7) is 4.71. The van der Waals surface area contributed by atoms with Gasteiger partial charge in [-0.05, 0) is 123 Å². The summed E-state index contributed by atoms with van der Waals surface area (Å²) in [6, 6.07) is 79.6. The standard InChI is InChI=1S/C61H42N2O/c1-61(2)54-21-8-5-17-49(54)50-36-34-46(38-55(50)61)62(44-32-27-41(28-33-44)47-20-12-24-58-59(47)53-35-29-40-13-3-4-16-48(40)60(53)64-58)43-30-25-39(26-31-43)42-14-11-15-45(37-42)63-56-22-9-6-18-51(56)52-19-7-10-23-57(52)63/h3-38H,1-2H3. The van der Waals surface area contributed by atoms with Crippen LogP contribution in [-0.2, 0) is 5.41 Å². The van der Waals surface area contributed by atoms with Gasteiger partial charge in [0, 0.05) is 55.1 Å². The Hall–Kier alpha value is -8.14. The molecule has 1 aliphatic rings. The first kappa shape index (κ1) is 36.5. The van der Waals surface area contributed by atoms with E-state index >= 15 is 0 Å². The number of para-hydroxylation sites is 2. The van der Waals surface area contributed by atoms with Crippen molar-refractivity contribution in [3.63, 3.8) is 0 Å². The quantitative estimate of drug-likeness (QED) is 0.167. The van der Waals surface area contributed by atoms with Crippen molar-refractivity contribution in [2.24, 2.45) is 0 Å². The zero-order valence-electron chi connectivity index (χ0n) is 35.6. The molecule has 0 saturated heterocycles. The van der Waals surface area contributed by atoms with Gasteiger partial charge in [-0.25, -0.2) is 0 Å². The lowest BCUT2D eigenvalue weighted by atomic mass is 9.82. The van der Waals surface area contributed by atoms with E-state index < -0.39 is 0 Å². The Balaban J connectivity index is 0.916. The number of furan rings is 1. The number of rotatable bonds is 6. The molecular weight excluding hydrogens is 777 g/mol. The lowest BCUT2D eigenvalue weighted by Crippen LogP contribution is -2.16. The molecule has 12 aromatic rings. The van der Waals surface area contributed by atoms with Crippen LogP contribution in [0.3, 0.4) is 0 Å². The van der Waals surface area contributed by atoms with Crippen LogP contribution in [0.5, 0.6) is 0 Å². The third kappa shape index (κ3) is 5.47. The van der Waals surface area contributed by atoms with Crippen LogP contribution < -0.4 is 4.90 Å². The van der Waals surface area contributed by atoms with Crippen molar-refractivity contribution in [1.82, 2.24) is 4.57 Å². The molecule has 0 atom stereocenters. The van der Waals surface area contributed by atoms with E-state index in [1.807, 2.05) is 0 Å². The second-order valence-corrected chi connectivity index (χ2v) is 17.7. The summed E-state index contributed by atoms with van der Waals surface area (Å²) >= 11 is 0. The molecule has 64 heavy (non-hydrogen) atoms. The molecule has 0 fully saturated rings. The molecule has 13 rings (SSSR count). The average Bonchev–Trinajstić information content (AvgIpc) is 3.98. The largest absolute Gasteiger partial charge is 0.455 e. The number of nitrogens with zero attached hydrogens (tertiary/aromatic N) is 2. The predicted molar refractivity (Wildman–Crippen MR) is 269 cm³/mol. The van der Waals surface area contributed by atoms with Crippen LogP contribution in [0.1, 0.15) is 25.0 Å². The van der Waals surface area contributed by atoms with E-state index in [-0.39, 0.29) is 5.41 Å². The van der Waals surface area contributed by atoms with Crippen LogP contribution in [0.2, 0.25) is 0 Å². The molecule has 3 heteroatoms. The van der Waals surface area contributed by atoms with Crippen LogP contribution in [0, 0.1) is 0 Å². The monoisotopic (exact) mass is 818 g/mol. The van der Waals surface area contributed by atoms with Crippen LogP contribution in [0.4, 0.5) is 17.1 Å². The van der Waals surface area contributed by atoms with Gasteiger partial charge in [0.2, 0.25) is 0 Å². The highest BCUT2D eigenvalue weighted by Gasteiger charge is 2.35. The molecule has 302 valence electrons. The summed E-state index contributed by atoms with van der Waals surface area (Å²) < 4.78 is 8.96. The third-order valence-corrected chi connectivity index (χ3v) is 13.8. The zero-order valence-corrected chi connectivity index (χ0v) is 35.6. The van der Waals surface area contributed by atoms with Crippen molar-refractivity contribution in [1.29, 1.82) is 0 Å². The van der Waals surface area contributed by atoms with Gasteiger partial charge in [0.1, 0.15) is 11.2 Å². The summed E-state index contributed by atoms with van der Waals surface area (Å²) in [5.41, 5.74) is 18.6. The first-order chi connectivity index (χ1) is 31.5. The summed E-state index contributed by atoms with van der Waals surface area (Å²) in [7, 11) is 0. The van der Waals surface area contributed by atoms with Gasteiger partial charge in [0.25, 0.3) is 0 Å². The molecule has 0 amide bonds. The Morgan fingerprint density at radius 2 is 1.02 bits per heavy atom. The smallest absolute Gasteiger partial charge is 0.143 e. The molecule has 0 bridgehead atoms. The molecule has 0 spiro atoms. The number of hydrogen-bond donors (Lipinski definition) is 0. The number of benzene rings is 10. The van der Waals surface area contributed by atoms with Crippen molar-refractivity contribution in [3.8, 4) is 39.1 Å². The fraction of sp³-hybridized carbons (Fsp3) is 0.0492. The Morgan fingerprint density at radius 1 is 0.406 bits per heavy atom. The van der Waals surface area contributed by atoms with Crippen molar-refractivity contribution in [2.45, 2.75) is 19.3 Å². The van der Waals surface area contributed by atoms with Gasteiger partial charge in [-0.1, -0.05) is 159 Å². The first-order valence-electron chi connectivity index (χ1n) is 22.2. The number of hydrogen-bond acceptors (Lipinski definition) is 2. The maximum absolute atomic E-state index is 6.57. The van der Waals surface area contributed by atoms with Crippen molar-refractivity contribution in [2.75, 3.05) is 4.90 Å². The second-order valence-electron chi connectivity index (χ2n) is 17.7. The van der Waals surface area contributed by atoms with Gasteiger partial charge in [-0.3, -0.25) is 0 Å². The molecule has 0 saturated carbocycles. The van der Waals surface area contributed by atoms with Crippen molar-refractivity contribution < 1.29 is 4.42 Å². The van der Waals surface area contributed by atoms with Crippen molar-refractivity contribution >= 4 is 71.6 Å². The normalized spacial score (nSPS) is 13.0. The summed E-state index contributed by atoms with van der Waals surface area (Å²) in [4.78, 5) is 2.40. The average molecular weight is 819 g/mol. The Bertz CT molecular complexity index is 3760. The van der Waals surface area contributed by atoms with E-state index in [1.54, 1.807) is 0 Å². The van der Waals surface area contributed by atoms with E-state index in [9.17, 15) is 0 Å². The lowest BCUT2D eigenvalue weighted by Gasteiger charge is -2.28. The minimum absolute atomic E-state index is 0.125. The van der Waals surface area contributed by atoms with Gasteiger partial charge in [-0.2, -0.15) is 0 Å². The van der Waals surface area contributed by atoms with E-state index in [2.05, 4.69) is 242 Å².